The number of benzene rings is 2. The zero-order chi connectivity index (χ0) is 17.9. The van der Waals surface area contributed by atoms with Gasteiger partial charge in [-0.2, -0.15) is 0 Å². The Kier molecular flexibility index (Phi) is 9.33. The molecule has 0 unspecified atom stereocenters. The number of carbonyl (C=O) groups is 1. The summed E-state index contributed by atoms with van der Waals surface area (Å²) < 4.78 is 26.9. The molecule has 1 aliphatic heterocycles. The first-order valence-corrected chi connectivity index (χ1v) is 9.85. The maximum Gasteiger partial charge on any atom is 0.335 e. The highest BCUT2D eigenvalue weighted by Gasteiger charge is 2.31. The molecule has 0 saturated heterocycles. The number of hydrogen-bond donors (Lipinski definition) is 2. The van der Waals surface area contributed by atoms with Gasteiger partial charge in [0.05, 0.1) is 5.69 Å². The van der Waals surface area contributed by atoms with Crippen molar-refractivity contribution in [1.29, 1.82) is 0 Å². The Morgan fingerprint density at radius 1 is 1.00 bits per heavy atom. The van der Waals surface area contributed by atoms with Gasteiger partial charge >= 0.3 is 6.03 Å². The molecule has 6 nitrogen and oxygen atoms in total. The zero-order valence-corrected chi connectivity index (χ0v) is 16.9. The van der Waals surface area contributed by atoms with Crippen molar-refractivity contribution in [1.82, 2.24) is 4.72 Å². The van der Waals surface area contributed by atoms with Gasteiger partial charge in [-0.25, -0.2) is 17.9 Å². The lowest BCUT2D eigenvalue weighted by Crippen LogP contribution is -2.45. The topological polar surface area (TPSA) is 78.5 Å². The van der Waals surface area contributed by atoms with E-state index in [-0.39, 0.29) is 19.7 Å². The van der Waals surface area contributed by atoms with Crippen LogP contribution in [0.25, 0.3) is 0 Å². The van der Waals surface area contributed by atoms with Gasteiger partial charge in [0.1, 0.15) is 4.90 Å². The second kappa shape index (κ2) is 9.94. The Hall–Kier alpha value is -1.58. The summed E-state index contributed by atoms with van der Waals surface area (Å²) >= 11 is 6.53. The van der Waals surface area contributed by atoms with E-state index in [1.165, 1.54) is 18.0 Å². The molecule has 0 bridgehead atoms. The molecule has 26 heavy (non-hydrogen) atoms. The Bertz CT molecular complexity index is 856. The molecule has 9 heteroatoms. The molecule has 3 rings (SSSR count). The third kappa shape index (κ3) is 5.72. The van der Waals surface area contributed by atoms with E-state index in [2.05, 4.69) is 37.2 Å². The van der Waals surface area contributed by atoms with Gasteiger partial charge in [0.15, 0.2) is 0 Å². The van der Waals surface area contributed by atoms with Crippen LogP contribution in [0.4, 0.5) is 16.2 Å². The molecule has 0 aromatic heterocycles. The first-order chi connectivity index (χ1) is 11.2. The van der Waals surface area contributed by atoms with Crippen LogP contribution in [-0.4, -0.2) is 28.5 Å². The van der Waals surface area contributed by atoms with Gasteiger partial charge in [0.2, 0.25) is 0 Å². The van der Waals surface area contributed by atoms with Crippen LogP contribution in [0, 0.1) is 0 Å². The third-order valence-electron chi connectivity index (χ3n) is 3.23. The van der Waals surface area contributed by atoms with Crippen molar-refractivity contribution >= 4 is 59.3 Å². The molecule has 0 aliphatic carbocycles. The van der Waals surface area contributed by atoms with Crippen molar-refractivity contribution < 1.29 is 13.2 Å². The van der Waals surface area contributed by atoms with E-state index in [4.69, 9.17) is 0 Å². The molecule has 2 amide bonds. The van der Waals surface area contributed by atoms with Crippen molar-refractivity contribution in [3.63, 3.8) is 0 Å². The smallest absolute Gasteiger partial charge is 0.335 e. The SMILES string of the molecule is C.C.CN1C(=O)NS(=O)(=O)c2cc(Br)ccc21.CNc1ccc(Br)cc1. The summed E-state index contributed by atoms with van der Waals surface area (Å²) in [7, 11) is -0.301. The Morgan fingerprint density at radius 2 is 1.54 bits per heavy atom. The summed E-state index contributed by atoms with van der Waals surface area (Å²) in [6.07, 6.45) is 0. The molecule has 2 N–H and O–H groups in total. The maximum absolute atomic E-state index is 11.6. The molecular weight excluding hydrogens is 486 g/mol. The molecule has 1 aliphatic rings. The van der Waals surface area contributed by atoms with Crippen molar-refractivity contribution in [2.45, 2.75) is 19.7 Å². The number of fused-ring (bicyclic) bond motifs is 1. The highest BCUT2D eigenvalue weighted by Crippen LogP contribution is 2.30. The molecule has 2 aromatic carbocycles. The van der Waals surface area contributed by atoms with Gasteiger partial charge in [-0.1, -0.05) is 46.7 Å². The number of carbonyl (C=O) groups excluding carboxylic acids is 1. The van der Waals surface area contributed by atoms with E-state index in [0.717, 1.165) is 10.2 Å². The van der Waals surface area contributed by atoms with E-state index >= 15 is 0 Å². The lowest BCUT2D eigenvalue weighted by Gasteiger charge is -2.26. The van der Waals surface area contributed by atoms with Crippen LogP contribution in [-0.2, 0) is 10.0 Å². The summed E-state index contributed by atoms with van der Waals surface area (Å²) in [6.45, 7) is 0. The number of halogens is 2. The second-order valence-electron chi connectivity index (χ2n) is 4.84. The lowest BCUT2D eigenvalue weighted by molar-refractivity contribution is 0.251. The van der Waals surface area contributed by atoms with Gasteiger partial charge in [-0.3, -0.25) is 4.90 Å². The fraction of sp³-hybridized carbons (Fsp3) is 0.235. The number of hydrogen-bond acceptors (Lipinski definition) is 4. The number of nitrogens with zero attached hydrogens (tertiary/aromatic N) is 1. The highest BCUT2D eigenvalue weighted by atomic mass is 79.9. The van der Waals surface area contributed by atoms with Gasteiger partial charge in [-0.05, 0) is 42.5 Å². The van der Waals surface area contributed by atoms with Crippen molar-refractivity contribution in [3.8, 4) is 0 Å². The number of nitrogens with one attached hydrogen (secondary N) is 2. The maximum atomic E-state index is 11.6. The quantitative estimate of drug-likeness (QED) is 0.564. The summed E-state index contributed by atoms with van der Waals surface area (Å²) in [6, 6.07) is 12.1. The van der Waals surface area contributed by atoms with Crippen molar-refractivity contribution in [2.75, 3.05) is 24.3 Å². The van der Waals surface area contributed by atoms with E-state index < -0.39 is 16.1 Å². The van der Waals surface area contributed by atoms with Crippen LogP contribution >= 0.6 is 31.9 Å². The van der Waals surface area contributed by atoms with Crippen LogP contribution < -0.4 is 14.9 Å². The number of rotatable bonds is 1. The van der Waals surface area contributed by atoms with Crippen LogP contribution in [0.5, 0.6) is 0 Å². The lowest BCUT2D eigenvalue weighted by atomic mass is 10.3. The Labute approximate surface area is 172 Å². The summed E-state index contributed by atoms with van der Waals surface area (Å²) in [5.74, 6) is 0. The van der Waals surface area contributed by atoms with E-state index in [9.17, 15) is 13.2 Å². The normalized spacial score (nSPS) is 13.7. The first-order valence-electron chi connectivity index (χ1n) is 6.78. The van der Waals surface area contributed by atoms with Gasteiger partial charge in [0, 0.05) is 28.7 Å². The average Bonchev–Trinajstić information content (AvgIpc) is 2.54. The predicted octanol–water partition coefficient (Wildman–Crippen LogP) is 5.06. The molecule has 0 fully saturated rings. The first kappa shape index (κ1) is 24.4. The zero-order valence-electron chi connectivity index (χ0n) is 12.9. The predicted molar refractivity (Wildman–Crippen MR) is 115 cm³/mol. The fourth-order valence-corrected chi connectivity index (χ4v) is 3.96. The number of sulfonamides is 1. The van der Waals surface area contributed by atoms with Crippen molar-refractivity contribution in [2.24, 2.45) is 0 Å². The minimum atomic E-state index is -3.72. The van der Waals surface area contributed by atoms with Crippen LogP contribution in [0.15, 0.2) is 56.3 Å². The largest absolute Gasteiger partial charge is 0.388 e. The Balaban J connectivity index is 0.000000496. The third-order valence-corrected chi connectivity index (χ3v) is 5.60. The van der Waals surface area contributed by atoms with E-state index in [0.29, 0.717) is 10.2 Å². The van der Waals surface area contributed by atoms with E-state index in [1.807, 2.05) is 36.0 Å². The molecular formula is C17H23Br2N3O3S. The van der Waals surface area contributed by atoms with Crippen LogP contribution in [0.3, 0.4) is 0 Å². The standard InChI is InChI=1S/C8H7BrN2O3S.C7H8BrN.2CH4/c1-11-6-3-2-5(9)4-7(6)15(13,14)10-8(11)12;1-9-7-4-2-6(8)3-5-7;;/h2-4H,1H3,(H,10,12);2-5,9H,1H3;2*1H4. The minimum absolute atomic E-state index is 0. The van der Waals surface area contributed by atoms with Gasteiger partial charge in [-0.15, -0.1) is 0 Å². The molecule has 0 atom stereocenters. The second-order valence-corrected chi connectivity index (χ2v) is 8.32. The molecule has 1 heterocycles. The average molecular weight is 509 g/mol. The molecule has 0 spiro atoms. The molecule has 144 valence electrons. The summed E-state index contributed by atoms with van der Waals surface area (Å²) in [4.78, 5) is 12.6. The Morgan fingerprint density at radius 3 is 2.08 bits per heavy atom. The van der Waals surface area contributed by atoms with E-state index in [1.54, 1.807) is 12.1 Å². The number of amides is 2. The minimum Gasteiger partial charge on any atom is -0.388 e. The summed E-state index contributed by atoms with van der Waals surface area (Å²) in [5.41, 5.74) is 1.51. The van der Waals surface area contributed by atoms with Crippen LogP contribution in [0.1, 0.15) is 14.9 Å². The van der Waals surface area contributed by atoms with Crippen molar-refractivity contribution in [3.05, 3.63) is 51.4 Å². The van der Waals surface area contributed by atoms with Gasteiger partial charge in [0.25, 0.3) is 10.0 Å². The number of urea groups is 1. The van der Waals surface area contributed by atoms with Crippen LogP contribution in [0.2, 0.25) is 0 Å². The highest BCUT2D eigenvalue weighted by molar-refractivity contribution is 9.10. The monoisotopic (exact) mass is 507 g/mol. The summed E-state index contributed by atoms with van der Waals surface area (Å²) in [5, 5.41) is 3.03. The van der Waals surface area contributed by atoms with Gasteiger partial charge < -0.3 is 5.32 Å². The fourth-order valence-electron chi connectivity index (χ4n) is 1.94. The molecule has 2 aromatic rings. The number of anilines is 2. The molecule has 0 radical (unpaired) electrons. The molecule has 0 saturated carbocycles.